The average molecular weight is 191 g/mol. The lowest BCUT2D eigenvalue weighted by Crippen LogP contribution is -2.44. The van der Waals surface area contributed by atoms with Crippen LogP contribution in [0.1, 0.15) is 0 Å². The van der Waals surface area contributed by atoms with E-state index in [1.165, 1.54) is 0 Å². The minimum absolute atomic E-state index is 0.0972. The number of nitrogens with two attached hydrogens (primary N) is 1. The summed E-state index contributed by atoms with van der Waals surface area (Å²) in [6.07, 6.45) is 0. The van der Waals surface area contributed by atoms with Crippen molar-refractivity contribution in [3.63, 3.8) is 0 Å². The van der Waals surface area contributed by atoms with Crippen molar-refractivity contribution < 1.29 is 10.2 Å². The fraction of sp³-hybridized carbons (Fsp3) is 1.00. The normalized spacial score (nSPS) is 17.8. The maximum atomic E-state index is 8.56. The van der Waals surface area contributed by atoms with E-state index in [2.05, 4.69) is 10.2 Å². The lowest BCUT2D eigenvalue weighted by atomic mass is 10.4. The standard InChI is InChI=1S/C6H14N2O.C2H7NO/c9-6-5-8-3-1-7-2-4-8;3-1-2-4/h7,9H,1-6H2;4H,1-3H2. The highest BCUT2D eigenvalue weighted by Gasteiger charge is 2.06. The average Bonchev–Trinajstić information content (AvgIpc) is 2.20. The molecule has 5 nitrogen and oxygen atoms in total. The van der Waals surface area contributed by atoms with Crippen LogP contribution in [0.15, 0.2) is 0 Å². The Morgan fingerprint density at radius 1 is 1.15 bits per heavy atom. The number of β-amino-alcohol motifs (C(OH)–C–C–N with tert-alkyl or cyclic N) is 1. The van der Waals surface area contributed by atoms with Gasteiger partial charge in [-0.25, -0.2) is 0 Å². The molecule has 1 saturated heterocycles. The van der Waals surface area contributed by atoms with Crippen molar-refractivity contribution in [2.24, 2.45) is 5.73 Å². The number of hydrogen-bond acceptors (Lipinski definition) is 5. The lowest BCUT2D eigenvalue weighted by molar-refractivity contribution is 0.180. The molecule has 0 atom stereocenters. The van der Waals surface area contributed by atoms with E-state index < -0.39 is 0 Å². The molecule has 5 N–H and O–H groups in total. The Morgan fingerprint density at radius 3 is 2.08 bits per heavy atom. The van der Waals surface area contributed by atoms with Crippen LogP contribution in [0.3, 0.4) is 0 Å². The van der Waals surface area contributed by atoms with Gasteiger partial charge in [0.25, 0.3) is 0 Å². The summed E-state index contributed by atoms with van der Waals surface area (Å²) in [6.45, 7) is 5.91. The summed E-state index contributed by atoms with van der Waals surface area (Å²) in [7, 11) is 0. The third-order valence-electron chi connectivity index (χ3n) is 1.75. The smallest absolute Gasteiger partial charge is 0.0558 e. The highest BCUT2D eigenvalue weighted by molar-refractivity contribution is 4.66. The van der Waals surface area contributed by atoms with Crippen LogP contribution in [0, 0.1) is 0 Å². The number of nitrogens with zero attached hydrogens (tertiary/aromatic N) is 1. The van der Waals surface area contributed by atoms with E-state index in [1.54, 1.807) is 0 Å². The zero-order valence-corrected chi connectivity index (χ0v) is 8.08. The van der Waals surface area contributed by atoms with Gasteiger partial charge in [0.2, 0.25) is 0 Å². The summed E-state index contributed by atoms with van der Waals surface area (Å²) < 4.78 is 0. The minimum Gasteiger partial charge on any atom is -0.395 e. The summed E-state index contributed by atoms with van der Waals surface area (Å²) in [5, 5.41) is 19.6. The first kappa shape index (κ1) is 12.8. The van der Waals surface area contributed by atoms with Crippen molar-refractivity contribution in [1.29, 1.82) is 0 Å². The van der Waals surface area contributed by atoms with E-state index in [0.29, 0.717) is 13.2 Å². The van der Waals surface area contributed by atoms with Gasteiger partial charge in [-0.15, -0.1) is 0 Å². The quantitative estimate of drug-likeness (QED) is 0.408. The molecular formula is C8H21N3O2. The molecule has 0 radical (unpaired) electrons. The molecule has 1 heterocycles. The predicted molar refractivity (Wildman–Crippen MR) is 52.5 cm³/mol. The zero-order valence-electron chi connectivity index (χ0n) is 8.08. The van der Waals surface area contributed by atoms with Crippen LogP contribution in [0.4, 0.5) is 0 Å². The Kier molecular flexibility index (Phi) is 9.73. The molecule has 0 unspecified atom stereocenters. The first-order chi connectivity index (χ1) is 6.35. The molecule has 1 aliphatic rings. The van der Waals surface area contributed by atoms with Crippen LogP contribution in [0.5, 0.6) is 0 Å². The van der Waals surface area contributed by atoms with E-state index in [0.717, 1.165) is 32.7 Å². The molecular weight excluding hydrogens is 170 g/mol. The van der Waals surface area contributed by atoms with E-state index >= 15 is 0 Å². The van der Waals surface area contributed by atoms with E-state index in [-0.39, 0.29) is 6.61 Å². The predicted octanol–water partition coefficient (Wildman–Crippen LogP) is -2.18. The second kappa shape index (κ2) is 9.88. The molecule has 0 aromatic rings. The molecule has 1 aliphatic heterocycles. The van der Waals surface area contributed by atoms with E-state index in [9.17, 15) is 0 Å². The van der Waals surface area contributed by atoms with Gasteiger partial charge in [0.05, 0.1) is 13.2 Å². The maximum absolute atomic E-state index is 8.56. The molecule has 0 aromatic heterocycles. The van der Waals surface area contributed by atoms with Crippen molar-refractivity contribution in [3.8, 4) is 0 Å². The molecule has 1 fully saturated rings. The number of aliphatic hydroxyl groups excluding tert-OH is 2. The first-order valence-corrected chi connectivity index (χ1v) is 4.70. The molecule has 0 spiro atoms. The summed E-state index contributed by atoms with van der Waals surface area (Å²) in [6, 6.07) is 0. The van der Waals surface area contributed by atoms with Crippen molar-refractivity contribution in [2.45, 2.75) is 0 Å². The second-order valence-electron chi connectivity index (χ2n) is 2.83. The Balaban J connectivity index is 0.000000310. The van der Waals surface area contributed by atoms with Crippen LogP contribution in [-0.2, 0) is 0 Å². The van der Waals surface area contributed by atoms with Gasteiger partial charge < -0.3 is 21.3 Å². The minimum atomic E-state index is 0.0972. The molecule has 0 saturated carbocycles. The van der Waals surface area contributed by atoms with Crippen LogP contribution >= 0.6 is 0 Å². The van der Waals surface area contributed by atoms with Crippen LogP contribution in [0.25, 0.3) is 0 Å². The molecule has 0 bridgehead atoms. The fourth-order valence-corrected chi connectivity index (χ4v) is 1.08. The summed E-state index contributed by atoms with van der Waals surface area (Å²) in [4.78, 5) is 2.26. The Labute approximate surface area is 79.5 Å². The lowest BCUT2D eigenvalue weighted by Gasteiger charge is -2.25. The monoisotopic (exact) mass is 191 g/mol. The number of nitrogens with one attached hydrogen (secondary N) is 1. The highest BCUT2D eigenvalue weighted by atomic mass is 16.3. The number of rotatable bonds is 3. The Bertz CT molecular complexity index is 92.6. The Morgan fingerprint density at radius 2 is 1.69 bits per heavy atom. The van der Waals surface area contributed by atoms with Crippen molar-refractivity contribution in [3.05, 3.63) is 0 Å². The van der Waals surface area contributed by atoms with Gasteiger partial charge in [-0.2, -0.15) is 0 Å². The van der Waals surface area contributed by atoms with Gasteiger partial charge in [0.15, 0.2) is 0 Å². The molecule has 0 aromatic carbocycles. The number of aliphatic hydroxyl groups is 2. The molecule has 5 heteroatoms. The third kappa shape index (κ3) is 8.14. The van der Waals surface area contributed by atoms with Gasteiger partial charge >= 0.3 is 0 Å². The fourth-order valence-electron chi connectivity index (χ4n) is 1.08. The first-order valence-electron chi connectivity index (χ1n) is 4.70. The van der Waals surface area contributed by atoms with Crippen molar-refractivity contribution in [1.82, 2.24) is 10.2 Å². The number of piperazine rings is 1. The molecule has 80 valence electrons. The molecule has 0 aliphatic carbocycles. The van der Waals surface area contributed by atoms with Crippen molar-refractivity contribution >= 4 is 0 Å². The summed E-state index contributed by atoms with van der Waals surface area (Å²) >= 11 is 0. The topological polar surface area (TPSA) is 81.8 Å². The molecule has 13 heavy (non-hydrogen) atoms. The van der Waals surface area contributed by atoms with Gasteiger partial charge in [0, 0.05) is 39.3 Å². The highest BCUT2D eigenvalue weighted by Crippen LogP contribution is 1.88. The zero-order chi connectivity index (χ0) is 9.94. The van der Waals surface area contributed by atoms with Crippen LogP contribution in [0.2, 0.25) is 0 Å². The van der Waals surface area contributed by atoms with Crippen LogP contribution < -0.4 is 11.1 Å². The maximum Gasteiger partial charge on any atom is 0.0558 e. The van der Waals surface area contributed by atoms with E-state index in [1.807, 2.05) is 0 Å². The largest absolute Gasteiger partial charge is 0.395 e. The van der Waals surface area contributed by atoms with Crippen molar-refractivity contribution in [2.75, 3.05) is 52.5 Å². The molecule has 1 rings (SSSR count). The van der Waals surface area contributed by atoms with Crippen LogP contribution in [-0.4, -0.2) is 67.6 Å². The van der Waals surface area contributed by atoms with Gasteiger partial charge in [-0.05, 0) is 0 Å². The summed E-state index contributed by atoms with van der Waals surface area (Å²) in [5.74, 6) is 0. The SMILES string of the molecule is NCCO.OCCN1CCNCC1. The second-order valence-corrected chi connectivity index (χ2v) is 2.83. The molecule has 0 amide bonds. The van der Waals surface area contributed by atoms with Gasteiger partial charge in [0.1, 0.15) is 0 Å². The third-order valence-corrected chi connectivity index (χ3v) is 1.75. The number of hydrogen-bond donors (Lipinski definition) is 4. The van der Waals surface area contributed by atoms with E-state index in [4.69, 9.17) is 15.9 Å². The van der Waals surface area contributed by atoms with Gasteiger partial charge in [-0.1, -0.05) is 0 Å². The Hall–Kier alpha value is -0.200. The summed E-state index contributed by atoms with van der Waals surface area (Å²) in [5.41, 5.74) is 4.78. The van der Waals surface area contributed by atoms with Gasteiger partial charge in [-0.3, -0.25) is 4.90 Å².